The Labute approximate surface area is 353 Å². The summed E-state index contributed by atoms with van der Waals surface area (Å²) in [6.45, 7) is 10.3. The summed E-state index contributed by atoms with van der Waals surface area (Å²) in [6.07, 6.45) is 6.85. The second-order valence-corrected chi connectivity index (χ2v) is 18.7. The molecule has 2 atom stereocenters. The van der Waals surface area contributed by atoms with Crippen molar-refractivity contribution in [2.45, 2.75) is 83.0 Å². The van der Waals surface area contributed by atoms with Gasteiger partial charge in [-0.1, -0.05) is 98.5 Å². The lowest BCUT2D eigenvalue weighted by Crippen LogP contribution is -2.16. The first-order chi connectivity index (χ1) is 25.5. The highest BCUT2D eigenvalue weighted by atomic mass is 32.2. The standard InChI is InChI=1S/C13H20O4S4.2C12H15FOS2/c18-12(16-7-10-3-1-5-14-10)20-9-21-13(19)17-8-11-4-2-6-15-11;1-9(2)7-14-12(15)16-8-10-4-3-5-11(13)6-10;1-2-3-7-14-12(15)16-9-10-5-4-6-11(13)8-10/h10-11H,1-9H2;3-6,9H,7-8H2,1-2H3;4-6,8H,2-3,7,9H2,1H3. The molecule has 0 amide bonds. The zero-order valence-electron chi connectivity index (χ0n) is 30.4. The molecule has 296 valence electrons. The Balaban J connectivity index is 0.000000279. The first kappa shape index (κ1) is 48.3. The Morgan fingerprint density at radius 3 is 1.60 bits per heavy atom. The van der Waals surface area contributed by atoms with Crippen molar-refractivity contribution in [2.24, 2.45) is 5.92 Å². The third kappa shape index (κ3) is 25.9. The molecule has 2 aromatic carbocycles. The summed E-state index contributed by atoms with van der Waals surface area (Å²) in [5, 5.41) is 0.703. The van der Waals surface area contributed by atoms with Gasteiger partial charge in [0.25, 0.3) is 0 Å². The third-order valence-corrected chi connectivity index (χ3v) is 12.1. The minimum Gasteiger partial charge on any atom is -0.479 e. The molecule has 0 N–H and O–H groups in total. The predicted octanol–water partition coefficient (Wildman–Crippen LogP) is 11.5. The van der Waals surface area contributed by atoms with Gasteiger partial charge in [0.05, 0.1) is 30.5 Å². The largest absolute Gasteiger partial charge is 0.479 e. The van der Waals surface area contributed by atoms with Gasteiger partial charge >= 0.3 is 0 Å². The maximum Gasteiger partial charge on any atom is 0.220 e. The Morgan fingerprint density at radius 2 is 1.19 bits per heavy atom. The summed E-state index contributed by atoms with van der Waals surface area (Å²) in [5.41, 5.74) is 1.84. The van der Waals surface area contributed by atoms with E-state index in [4.69, 9.17) is 77.3 Å². The van der Waals surface area contributed by atoms with Gasteiger partial charge < -0.3 is 28.4 Å². The van der Waals surface area contributed by atoms with Gasteiger partial charge in [-0.3, -0.25) is 0 Å². The van der Waals surface area contributed by atoms with Crippen LogP contribution in [-0.2, 0) is 39.9 Å². The lowest BCUT2D eigenvalue weighted by molar-refractivity contribution is 0.0666. The molecule has 2 aromatic rings. The van der Waals surface area contributed by atoms with Gasteiger partial charge in [0.2, 0.25) is 17.5 Å². The zero-order valence-corrected chi connectivity index (χ0v) is 37.0. The van der Waals surface area contributed by atoms with Crippen LogP contribution in [-0.4, -0.2) is 74.5 Å². The number of rotatable bonds is 15. The van der Waals surface area contributed by atoms with Crippen LogP contribution in [0.15, 0.2) is 48.5 Å². The smallest absolute Gasteiger partial charge is 0.220 e. The molecule has 2 aliphatic rings. The summed E-state index contributed by atoms with van der Waals surface area (Å²) < 4.78 is 60.5. The summed E-state index contributed by atoms with van der Waals surface area (Å²) in [4.78, 5) is 0. The molecule has 0 spiro atoms. The van der Waals surface area contributed by atoms with Crippen LogP contribution in [0, 0.1) is 17.6 Å². The van der Waals surface area contributed by atoms with E-state index < -0.39 is 0 Å². The summed E-state index contributed by atoms with van der Waals surface area (Å²) in [5.74, 6) is 1.34. The van der Waals surface area contributed by atoms with Crippen molar-refractivity contribution in [1.29, 1.82) is 0 Å². The second-order valence-electron chi connectivity index (χ2n) is 12.0. The Hall–Kier alpha value is -0.820. The van der Waals surface area contributed by atoms with Crippen LogP contribution in [0.4, 0.5) is 8.78 Å². The highest BCUT2D eigenvalue weighted by molar-refractivity contribution is 8.35. The predicted molar refractivity (Wildman–Crippen MR) is 237 cm³/mol. The molecule has 2 saturated heterocycles. The van der Waals surface area contributed by atoms with E-state index in [0.717, 1.165) is 62.9 Å². The van der Waals surface area contributed by atoms with Crippen LogP contribution in [0.25, 0.3) is 0 Å². The van der Waals surface area contributed by atoms with E-state index in [1.807, 2.05) is 12.1 Å². The highest BCUT2D eigenvalue weighted by Crippen LogP contribution is 2.21. The molecule has 0 radical (unpaired) electrons. The first-order valence-corrected chi connectivity index (χ1v) is 23.0. The monoisotopic (exact) mass is 884 g/mol. The van der Waals surface area contributed by atoms with Gasteiger partial charge in [0, 0.05) is 24.7 Å². The molecule has 0 aromatic heterocycles. The number of ether oxygens (including phenoxy) is 6. The molecule has 0 bridgehead atoms. The molecule has 2 fully saturated rings. The third-order valence-electron chi connectivity index (χ3n) is 6.92. The first-order valence-electron chi connectivity index (χ1n) is 17.4. The van der Waals surface area contributed by atoms with Crippen molar-refractivity contribution >= 4 is 113 Å². The van der Waals surface area contributed by atoms with Gasteiger partial charge in [-0.05, 0) is 122 Å². The van der Waals surface area contributed by atoms with Crippen molar-refractivity contribution in [3.63, 3.8) is 0 Å². The average Bonchev–Trinajstić information content (AvgIpc) is 3.87. The summed E-state index contributed by atoms with van der Waals surface area (Å²) >= 11 is 26.2. The van der Waals surface area contributed by atoms with Crippen LogP contribution in [0.3, 0.4) is 0 Å². The van der Waals surface area contributed by atoms with Gasteiger partial charge in [-0.25, -0.2) is 8.78 Å². The van der Waals surface area contributed by atoms with Crippen LogP contribution >= 0.6 is 95.9 Å². The molecule has 0 aliphatic carbocycles. The van der Waals surface area contributed by atoms with E-state index >= 15 is 0 Å². The van der Waals surface area contributed by atoms with Crippen molar-refractivity contribution < 1.29 is 37.2 Å². The minimum atomic E-state index is -0.216. The maximum atomic E-state index is 12.9. The number of unbranched alkanes of at least 4 members (excludes halogenated alkanes) is 1. The maximum absolute atomic E-state index is 12.9. The Kier molecular flexibility index (Phi) is 27.7. The van der Waals surface area contributed by atoms with Crippen molar-refractivity contribution in [3.8, 4) is 0 Å². The number of thioether (sulfide) groups is 4. The van der Waals surface area contributed by atoms with Gasteiger partial charge in [0.1, 0.15) is 24.8 Å². The van der Waals surface area contributed by atoms with E-state index in [1.165, 1.54) is 71.3 Å². The molecule has 16 heteroatoms. The average molecular weight is 885 g/mol. The van der Waals surface area contributed by atoms with E-state index in [2.05, 4.69) is 20.8 Å². The number of hydrogen-bond acceptors (Lipinski definition) is 14. The molecule has 4 rings (SSSR count). The number of halogens is 2. The Bertz CT molecular complexity index is 1330. The topological polar surface area (TPSA) is 55.4 Å². The molecular formula is C37H50F2O6S8. The van der Waals surface area contributed by atoms with Crippen LogP contribution < -0.4 is 0 Å². The number of thiocarbonyl (C=S) groups is 4. The fourth-order valence-corrected chi connectivity index (χ4v) is 8.30. The second kappa shape index (κ2) is 30.3. The SMILES string of the molecule is CC(C)COC(=S)SCc1cccc(F)c1.CCCCOC(=S)SCc1cccc(F)c1.S=C(OCC1CCCO1)SCSC(=S)OCC1CCCO1. The number of hydrogen-bond donors (Lipinski definition) is 0. The van der Waals surface area contributed by atoms with Crippen molar-refractivity contribution in [2.75, 3.05) is 44.7 Å². The van der Waals surface area contributed by atoms with E-state index in [0.29, 0.717) is 66.5 Å². The number of benzene rings is 2. The van der Waals surface area contributed by atoms with E-state index in [1.54, 1.807) is 12.1 Å². The van der Waals surface area contributed by atoms with Crippen molar-refractivity contribution in [3.05, 3.63) is 71.3 Å². The van der Waals surface area contributed by atoms with E-state index in [9.17, 15) is 8.78 Å². The highest BCUT2D eigenvalue weighted by Gasteiger charge is 2.18. The van der Waals surface area contributed by atoms with Crippen LogP contribution in [0.2, 0.25) is 0 Å². The summed E-state index contributed by atoms with van der Waals surface area (Å²) in [6, 6.07) is 13.0. The molecule has 6 nitrogen and oxygen atoms in total. The van der Waals surface area contributed by atoms with Crippen molar-refractivity contribution in [1.82, 2.24) is 0 Å². The molecule has 0 saturated carbocycles. The lowest BCUT2D eigenvalue weighted by Gasteiger charge is -2.12. The summed E-state index contributed by atoms with van der Waals surface area (Å²) in [7, 11) is 0. The zero-order chi connectivity index (χ0) is 38.7. The molecule has 2 unspecified atom stereocenters. The molecule has 2 heterocycles. The Morgan fingerprint density at radius 1 is 0.717 bits per heavy atom. The van der Waals surface area contributed by atoms with Gasteiger partial charge in [-0.2, -0.15) is 0 Å². The van der Waals surface area contributed by atoms with Crippen LogP contribution in [0.1, 0.15) is 70.4 Å². The fraction of sp³-hybridized carbons (Fsp3) is 0.568. The lowest BCUT2D eigenvalue weighted by atomic mass is 10.2. The molecular weight excluding hydrogens is 835 g/mol. The normalized spacial score (nSPS) is 16.1. The van der Waals surface area contributed by atoms with Gasteiger partial charge in [-0.15, -0.1) is 0 Å². The van der Waals surface area contributed by atoms with E-state index in [-0.39, 0.29) is 23.8 Å². The van der Waals surface area contributed by atoms with Gasteiger partial charge in [0.15, 0.2) is 0 Å². The quantitative estimate of drug-likeness (QED) is 0.0969. The minimum absolute atomic E-state index is 0.201. The molecule has 2 aliphatic heterocycles. The fourth-order valence-electron chi connectivity index (χ4n) is 4.24. The molecule has 53 heavy (non-hydrogen) atoms. The van der Waals surface area contributed by atoms with Crippen LogP contribution in [0.5, 0.6) is 0 Å².